The Morgan fingerprint density at radius 1 is 1.16 bits per heavy atom. The largest absolute Gasteiger partial charge is 0.478 e. The number of hydrogen-bond donors (Lipinski definition) is 0. The summed E-state index contributed by atoms with van der Waals surface area (Å²) >= 11 is 0. The van der Waals surface area contributed by atoms with E-state index in [1.165, 1.54) is 0 Å². The number of hydrogen-bond acceptors (Lipinski definition) is 5. The van der Waals surface area contributed by atoms with Crippen LogP contribution >= 0.6 is 0 Å². The van der Waals surface area contributed by atoms with Gasteiger partial charge in [0.1, 0.15) is 11.3 Å². The molecule has 0 radical (unpaired) electrons. The Hall–Kier alpha value is -2.30. The van der Waals surface area contributed by atoms with Crippen molar-refractivity contribution in [2.24, 2.45) is 0 Å². The zero-order chi connectivity index (χ0) is 18.6. The van der Waals surface area contributed by atoms with E-state index >= 15 is 0 Å². The smallest absolute Gasteiger partial charge is 0.347 e. The van der Waals surface area contributed by atoms with Gasteiger partial charge in [-0.2, -0.15) is 0 Å². The van der Waals surface area contributed by atoms with Crippen molar-refractivity contribution in [3.05, 3.63) is 39.2 Å². The van der Waals surface area contributed by atoms with E-state index in [9.17, 15) is 9.59 Å². The summed E-state index contributed by atoms with van der Waals surface area (Å²) < 4.78 is 16.4. The topological polar surface area (TPSA) is 65.7 Å². The minimum absolute atomic E-state index is 0.310. The van der Waals surface area contributed by atoms with Gasteiger partial charge in [0.2, 0.25) is 0 Å². The standard InChI is InChI=1S/C20H26O5/c1-6-13-10-15-12(5)14(7-2)19(21)25-18(15)11-17(13)24-16(8-3)20(22)23-9-4/h10-11,16H,6-9H2,1-5H3/t16-/m0/s1. The fourth-order valence-electron chi connectivity index (χ4n) is 2.94. The van der Waals surface area contributed by atoms with Crippen LogP contribution in [-0.4, -0.2) is 18.7 Å². The molecule has 0 fully saturated rings. The van der Waals surface area contributed by atoms with Crippen molar-refractivity contribution in [2.45, 2.75) is 60.0 Å². The summed E-state index contributed by atoms with van der Waals surface area (Å²) in [5.41, 5.74) is 2.76. The van der Waals surface area contributed by atoms with Gasteiger partial charge in [0.15, 0.2) is 6.10 Å². The minimum atomic E-state index is -0.676. The van der Waals surface area contributed by atoms with Crippen molar-refractivity contribution in [3.63, 3.8) is 0 Å². The Morgan fingerprint density at radius 2 is 1.88 bits per heavy atom. The van der Waals surface area contributed by atoms with Crippen molar-refractivity contribution in [2.75, 3.05) is 6.61 Å². The first-order valence-corrected chi connectivity index (χ1v) is 8.89. The summed E-state index contributed by atoms with van der Waals surface area (Å²) in [4.78, 5) is 24.2. The van der Waals surface area contributed by atoms with Gasteiger partial charge in [0.25, 0.3) is 0 Å². The second-order valence-corrected chi connectivity index (χ2v) is 5.92. The molecule has 0 saturated heterocycles. The van der Waals surface area contributed by atoms with E-state index in [0.717, 1.165) is 22.9 Å². The maximum absolute atomic E-state index is 12.1. The predicted octanol–water partition coefficient (Wildman–Crippen LogP) is 3.95. The van der Waals surface area contributed by atoms with E-state index in [2.05, 4.69) is 0 Å². The summed E-state index contributed by atoms with van der Waals surface area (Å²) in [6.45, 7) is 9.84. The van der Waals surface area contributed by atoms with Gasteiger partial charge in [0, 0.05) is 17.0 Å². The molecule has 5 heteroatoms. The van der Waals surface area contributed by atoms with Gasteiger partial charge >= 0.3 is 11.6 Å². The van der Waals surface area contributed by atoms with Crippen LogP contribution in [0.4, 0.5) is 0 Å². The molecule has 1 atom stereocenters. The number of esters is 1. The highest BCUT2D eigenvalue weighted by Crippen LogP contribution is 2.30. The third-order valence-corrected chi connectivity index (χ3v) is 4.39. The van der Waals surface area contributed by atoms with E-state index < -0.39 is 6.10 Å². The molecule has 0 saturated carbocycles. The molecule has 0 spiro atoms. The molecule has 0 unspecified atom stereocenters. The lowest BCUT2D eigenvalue weighted by atomic mass is 10.0. The second kappa shape index (κ2) is 8.19. The van der Waals surface area contributed by atoms with Crippen molar-refractivity contribution in [1.29, 1.82) is 0 Å². The Kier molecular flexibility index (Phi) is 6.23. The molecule has 0 amide bonds. The van der Waals surface area contributed by atoms with Crippen molar-refractivity contribution < 1.29 is 18.7 Å². The summed E-state index contributed by atoms with van der Waals surface area (Å²) in [6.07, 6.45) is 1.19. The Balaban J connectivity index is 2.53. The Bertz CT molecular complexity index is 819. The van der Waals surface area contributed by atoms with E-state index in [4.69, 9.17) is 13.9 Å². The van der Waals surface area contributed by atoms with Gasteiger partial charge in [-0.25, -0.2) is 9.59 Å². The molecular formula is C20H26O5. The van der Waals surface area contributed by atoms with Crippen molar-refractivity contribution in [1.82, 2.24) is 0 Å². The molecule has 0 aliphatic carbocycles. The van der Waals surface area contributed by atoms with E-state index in [1.807, 2.05) is 33.8 Å². The first-order valence-electron chi connectivity index (χ1n) is 8.89. The van der Waals surface area contributed by atoms with Crippen molar-refractivity contribution >= 4 is 16.9 Å². The van der Waals surface area contributed by atoms with Gasteiger partial charge in [-0.1, -0.05) is 20.8 Å². The molecule has 0 N–H and O–H groups in total. The van der Waals surface area contributed by atoms with E-state index in [-0.39, 0.29) is 11.6 Å². The second-order valence-electron chi connectivity index (χ2n) is 5.92. The molecule has 25 heavy (non-hydrogen) atoms. The van der Waals surface area contributed by atoms with Gasteiger partial charge < -0.3 is 13.9 Å². The molecule has 0 aliphatic heterocycles. The maximum Gasteiger partial charge on any atom is 0.347 e. The summed E-state index contributed by atoms with van der Waals surface area (Å²) in [7, 11) is 0. The number of rotatable bonds is 7. The number of aryl methyl sites for hydroxylation is 2. The normalized spacial score (nSPS) is 12.2. The fourth-order valence-corrected chi connectivity index (χ4v) is 2.94. The third kappa shape index (κ3) is 3.86. The zero-order valence-electron chi connectivity index (χ0n) is 15.6. The highest BCUT2D eigenvalue weighted by Gasteiger charge is 2.22. The molecule has 2 aromatic rings. The van der Waals surface area contributed by atoms with Crippen LogP contribution in [0.15, 0.2) is 21.3 Å². The van der Waals surface area contributed by atoms with E-state index in [0.29, 0.717) is 36.3 Å². The van der Waals surface area contributed by atoms with Gasteiger partial charge in [0.05, 0.1) is 6.61 Å². The molecule has 1 heterocycles. The first-order chi connectivity index (χ1) is 12.0. The lowest BCUT2D eigenvalue weighted by Crippen LogP contribution is -2.29. The van der Waals surface area contributed by atoms with Crippen LogP contribution in [0.5, 0.6) is 5.75 Å². The Labute approximate surface area is 147 Å². The predicted molar refractivity (Wildman–Crippen MR) is 97.3 cm³/mol. The van der Waals surface area contributed by atoms with Crippen LogP contribution in [0.25, 0.3) is 11.0 Å². The van der Waals surface area contributed by atoms with Crippen LogP contribution in [0.3, 0.4) is 0 Å². The molecule has 2 rings (SSSR count). The highest BCUT2D eigenvalue weighted by atomic mass is 16.6. The fraction of sp³-hybridized carbons (Fsp3) is 0.500. The monoisotopic (exact) mass is 346 g/mol. The first kappa shape index (κ1) is 19.0. The third-order valence-electron chi connectivity index (χ3n) is 4.39. The molecular weight excluding hydrogens is 320 g/mol. The molecule has 0 bridgehead atoms. The number of fused-ring (bicyclic) bond motifs is 1. The SMILES string of the molecule is CCOC(=O)[C@H](CC)Oc1cc2oc(=O)c(CC)c(C)c2cc1CC. The molecule has 5 nitrogen and oxygen atoms in total. The van der Waals surface area contributed by atoms with Crippen LogP contribution < -0.4 is 10.4 Å². The zero-order valence-corrected chi connectivity index (χ0v) is 15.6. The lowest BCUT2D eigenvalue weighted by Gasteiger charge is -2.19. The number of carbonyl (C=O) groups excluding carboxylic acids is 1. The van der Waals surface area contributed by atoms with Crippen LogP contribution in [0, 0.1) is 6.92 Å². The van der Waals surface area contributed by atoms with Crippen LogP contribution in [-0.2, 0) is 22.4 Å². The van der Waals surface area contributed by atoms with Crippen LogP contribution in [0.1, 0.15) is 50.8 Å². The Morgan fingerprint density at radius 3 is 2.44 bits per heavy atom. The molecule has 1 aromatic carbocycles. The number of benzene rings is 1. The maximum atomic E-state index is 12.1. The average molecular weight is 346 g/mol. The average Bonchev–Trinajstić information content (AvgIpc) is 2.59. The molecule has 0 aliphatic rings. The molecule has 1 aromatic heterocycles. The minimum Gasteiger partial charge on any atom is -0.478 e. The summed E-state index contributed by atoms with van der Waals surface area (Å²) in [5.74, 6) is 0.174. The summed E-state index contributed by atoms with van der Waals surface area (Å²) in [5, 5.41) is 0.907. The summed E-state index contributed by atoms with van der Waals surface area (Å²) in [6, 6.07) is 3.70. The van der Waals surface area contributed by atoms with Gasteiger partial charge in [-0.05, 0) is 50.3 Å². The quantitative estimate of drug-likeness (QED) is 0.561. The lowest BCUT2D eigenvalue weighted by molar-refractivity contribution is -0.151. The highest BCUT2D eigenvalue weighted by molar-refractivity contribution is 5.84. The number of carbonyl (C=O) groups is 1. The van der Waals surface area contributed by atoms with E-state index in [1.54, 1.807) is 13.0 Å². The van der Waals surface area contributed by atoms with Crippen LogP contribution in [0.2, 0.25) is 0 Å². The van der Waals surface area contributed by atoms with Gasteiger partial charge in [-0.3, -0.25) is 0 Å². The van der Waals surface area contributed by atoms with Gasteiger partial charge in [-0.15, -0.1) is 0 Å². The number of ether oxygens (including phenoxy) is 2. The molecule has 136 valence electrons. The van der Waals surface area contributed by atoms with Crippen molar-refractivity contribution in [3.8, 4) is 5.75 Å².